The van der Waals surface area contributed by atoms with Crippen LogP contribution >= 0.6 is 0 Å². The number of aromatic nitrogens is 2. The quantitative estimate of drug-likeness (QED) is 0.710. The molecule has 2 rings (SSSR count). The molecular formula is C18H23F3N4O. The Kier molecular flexibility index (Phi) is 6.07. The Bertz CT molecular complexity index is 742. The highest BCUT2D eigenvalue weighted by Gasteiger charge is 2.34. The van der Waals surface area contributed by atoms with E-state index in [0.29, 0.717) is 5.69 Å². The van der Waals surface area contributed by atoms with Gasteiger partial charge in [-0.25, -0.2) is 4.98 Å². The molecule has 0 aliphatic carbocycles. The highest BCUT2D eigenvalue weighted by molar-refractivity contribution is 5.59. The predicted molar refractivity (Wildman–Crippen MR) is 95.6 cm³/mol. The molecule has 26 heavy (non-hydrogen) atoms. The molecule has 0 aliphatic rings. The van der Waals surface area contributed by atoms with Gasteiger partial charge in [-0.1, -0.05) is 19.9 Å². The Morgan fingerprint density at radius 1 is 1.04 bits per heavy atom. The number of aliphatic hydroxyl groups is 1. The zero-order valence-electron chi connectivity index (χ0n) is 15.1. The number of halogens is 3. The summed E-state index contributed by atoms with van der Waals surface area (Å²) in [5.74, 6) is -0.159. The number of aryl methyl sites for hydroxylation is 2. The zero-order valence-corrected chi connectivity index (χ0v) is 15.1. The van der Waals surface area contributed by atoms with Crippen LogP contribution in [0, 0.1) is 19.8 Å². The Morgan fingerprint density at radius 3 is 2.15 bits per heavy atom. The maximum Gasteiger partial charge on any atom is 0.433 e. The molecule has 0 saturated carbocycles. The Labute approximate surface area is 150 Å². The van der Waals surface area contributed by atoms with Gasteiger partial charge in [0.2, 0.25) is 5.95 Å². The predicted octanol–water partition coefficient (Wildman–Crippen LogP) is 4.28. The second-order valence-corrected chi connectivity index (χ2v) is 6.64. The fourth-order valence-corrected chi connectivity index (χ4v) is 2.50. The van der Waals surface area contributed by atoms with Crippen LogP contribution in [0.1, 0.15) is 30.7 Å². The lowest BCUT2D eigenvalue weighted by molar-refractivity contribution is -0.141. The number of rotatable bonds is 6. The fraction of sp³-hybridized carbons (Fsp3) is 0.444. The van der Waals surface area contributed by atoms with Gasteiger partial charge in [-0.05, 0) is 43.0 Å². The molecule has 1 aromatic carbocycles. The van der Waals surface area contributed by atoms with E-state index in [1.165, 1.54) is 0 Å². The molecule has 3 N–H and O–H groups in total. The van der Waals surface area contributed by atoms with Crippen LogP contribution in [0.3, 0.4) is 0 Å². The molecule has 8 heteroatoms. The molecule has 0 saturated heterocycles. The van der Waals surface area contributed by atoms with Gasteiger partial charge in [-0.2, -0.15) is 18.2 Å². The van der Waals surface area contributed by atoms with Crippen molar-refractivity contribution in [1.29, 1.82) is 0 Å². The summed E-state index contributed by atoms with van der Waals surface area (Å²) in [4.78, 5) is 7.68. The minimum atomic E-state index is -4.61. The molecule has 0 aliphatic heterocycles. The van der Waals surface area contributed by atoms with Gasteiger partial charge in [-0.15, -0.1) is 0 Å². The molecule has 0 radical (unpaired) electrons. The lowest BCUT2D eigenvalue weighted by Crippen LogP contribution is -2.30. The van der Waals surface area contributed by atoms with Crippen molar-refractivity contribution >= 4 is 17.5 Å². The summed E-state index contributed by atoms with van der Waals surface area (Å²) >= 11 is 0. The third kappa shape index (κ3) is 5.32. The molecule has 0 spiro atoms. The SMILES string of the molecule is Cc1cc(C)cc(Nc2cc(C(F)(F)F)nc(N[C@@H](CO)C(C)C)n2)c1. The van der Waals surface area contributed by atoms with Crippen molar-refractivity contribution in [3.8, 4) is 0 Å². The third-order valence-electron chi connectivity index (χ3n) is 3.83. The molecule has 1 aromatic heterocycles. The van der Waals surface area contributed by atoms with Crippen LogP contribution < -0.4 is 10.6 Å². The van der Waals surface area contributed by atoms with Gasteiger partial charge < -0.3 is 15.7 Å². The number of aliphatic hydroxyl groups excluding tert-OH is 1. The van der Waals surface area contributed by atoms with Crippen molar-refractivity contribution in [2.24, 2.45) is 5.92 Å². The minimum Gasteiger partial charge on any atom is -0.394 e. The Morgan fingerprint density at radius 2 is 1.65 bits per heavy atom. The molecule has 1 atom stereocenters. The summed E-state index contributed by atoms with van der Waals surface area (Å²) in [7, 11) is 0. The number of hydrogen-bond acceptors (Lipinski definition) is 5. The van der Waals surface area contributed by atoms with E-state index in [4.69, 9.17) is 0 Å². The fourth-order valence-electron chi connectivity index (χ4n) is 2.50. The van der Waals surface area contributed by atoms with Crippen molar-refractivity contribution in [3.05, 3.63) is 41.1 Å². The van der Waals surface area contributed by atoms with E-state index >= 15 is 0 Å². The van der Waals surface area contributed by atoms with E-state index in [0.717, 1.165) is 17.2 Å². The van der Waals surface area contributed by atoms with E-state index < -0.39 is 17.9 Å². The second-order valence-electron chi connectivity index (χ2n) is 6.64. The van der Waals surface area contributed by atoms with Crippen molar-refractivity contribution in [1.82, 2.24) is 9.97 Å². The molecule has 0 bridgehead atoms. The van der Waals surface area contributed by atoms with E-state index in [9.17, 15) is 18.3 Å². The summed E-state index contributed by atoms with van der Waals surface area (Å²) in [6.45, 7) is 7.25. The van der Waals surface area contributed by atoms with Gasteiger partial charge >= 0.3 is 6.18 Å². The lowest BCUT2D eigenvalue weighted by Gasteiger charge is -2.21. The largest absolute Gasteiger partial charge is 0.433 e. The Balaban J connectivity index is 2.39. The summed E-state index contributed by atoms with van der Waals surface area (Å²) in [5.41, 5.74) is 1.55. The van der Waals surface area contributed by atoms with E-state index in [2.05, 4.69) is 20.6 Å². The summed E-state index contributed by atoms with van der Waals surface area (Å²) in [6.07, 6.45) is -4.61. The molecule has 1 heterocycles. The van der Waals surface area contributed by atoms with Crippen LogP contribution in [0.25, 0.3) is 0 Å². The molecule has 5 nitrogen and oxygen atoms in total. The van der Waals surface area contributed by atoms with E-state index in [1.54, 1.807) is 0 Å². The second kappa shape index (κ2) is 7.90. The highest BCUT2D eigenvalue weighted by atomic mass is 19.4. The van der Waals surface area contributed by atoms with Crippen LogP contribution in [0.5, 0.6) is 0 Å². The minimum absolute atomic E-state index is 0.00558. The first-order chi connectivity index (χ1) is 12.1. The van der Waals surface area contributed by atoms with Crippen LogP contribution in [0.15, 0.2) is 24.3 Å². The van der Waals surface area contributed by atoms with Gasteiger partial charge in [0.15, 0.2) is 5.69 Å². The molecule has 0 fully saturated rings. The van der Waals surface area contributed by atoms with Crippen LogP contribution in [0.4, 0.5) is 30.6 Å². The summed E-state index contributed by atoms with van der Waals surface area (Å²) < 4.78 is 39.6. The van der Waals surface area contributed by atoms with E-state index in [-0.39, 0.29) is 24.3 Å². The van der Waals surface area contributed by atoms with Crippen LogP contribution in [-0.2, 0) is 6.18 Å². The normalized spacial score (nSPS) is 13.0. The van der Waals surface area contributed by atoms with Crippen molar-refractivity contribution in [2.75, 3.05) is 17.2 Å². The maximum absolute atomic E-state index is 13.2. The molecule has 0 amide bonds. The Hall–Kier alpha value is -2.35. The number of nitrogens with zero attached hydrogens (tertiary/aromatic N) is 2. The van der Waals surface area contributed by atoms with Gasteiger partial charge in [0.25, 0.3) is 0 Å². The first-order valence-electron chi connectivity index (χ1n) is 8.27. The number of anilines is 3. The zero-order chi connectivity index (χ0) is 19.5. The van der Waals surface area contributed by atoms with E-state index in [1.807, 2.05) is 45.9 Å². The maximum atomic E-state index is 13.2. The molecule has 2 aromatic rings. The molecule has 0 unspecified atom stereocenters. The number of nitrogens with one attached hydrogen (secondary N) is 2. The average molecular weight is 368 g/mol. The highest BCUT2D eigenvalue weighted by Crippen LogP contribution is 2.31. The first-order valence-corrected chi connectivity index (χ1v) is 8.27. The monoisotopic (exact) mass is 368 g/mol. The topological polar surface area (TPSA) is 70.1 Å². The van der Waals surface area contributed by atoms with Gasteiger partial charge in [0.1, 0.15) is 5.82 Å². The van der Waals surface area contributed by atoms with Gasteiger partial charge in [-0.3, -0.25) is 0 Å². The first kappa shape index (κ1) is 20.0. The smallest absolute Gasteiger partial charge is 0.394 e. The lowest BCUT2D eigenvalue weighted by atomic mass is 10.1. The van der Waals surface area contributed by atoms with Crippen molar-refractivity contribution < 1.29 is 18.3 Å². The number of hydrogen-bond donors (Lipinski definition) is 3. The van der Waals surface area contributed by atoms with Crippen molar-refractivity contribution in [2.45, 2.75) is 39.9 Å². The third-order valence-corrected chi connectivity index (χ3v) is 3.83. The number of benzene rings is 1. The van der Waals surface area contributed by atoms with Gasteiger partial charge in [0, 0.05) is 11.8 Å². The molecule has 142 valence electrons. The van der Waals surface area contributed by atoms with Crippen LogP contribution in [-0.4, -0.2) is 27.7 Å². The molecular weight excluding hydrogens is 345 g/mol. The van der Waals surface area contributed by atoms with Crippen molar-refractivity contribution in [3.63, 3.8) is 0 Å². The average Bonchev–Trinajstić information content (AvgIpc) is 2.50. The summed E-state index contributed by atoms with van der Waals surface area (Å²) in [6, 6.07) is 6.02. The van der Waals surface area contributed by atoms with Crippen LogP contribution in [0.2, 0.25) is 0 Å². The summed E-state index contributed by atoms with van der Waals surface area (Å²) in [5, 5.41) is 15.1. The number of alkyl halides is 3. The standard InChI is InChI=1S/C18H23F3N4O/c1-10(2)14(9-26)23-17-24-15(18(19,20)21)8-16(25-17)22-13-6-11(3)5-12(4)7-13/h5-8,10,14,26H,9H2,1-4H3,(H2,22,23,24,25)/t14-/m0/s1. The van der Waals surface area contributed by atoms with Gasteiger partial charge in [0.05, 0.1) is 12.6 Å².